The molecule has 2 N–H and O–H groups in total. The highest BCUT2D eigenvalue weighted by atomic mass is 16.2. The van der Waals surface area contributed by atoms with Gasteiger partial charge in [0.25, 0.3) is 0 Å². The lowest BCUT2D eigenvalue weighted by Gasteiger charge is -2.10. The van der Waals surface area contributed by atoms with Gasteiger partial charge in [-0.1, -0.05) is 6.58 Å². The largest absolute Gasteiger partial charge is 0.396 e. The molecule has 0 unspecified atom stereocenters. The predicted molar refractivity (Wildman–Crippen MR) is 61.5 cm³/mol. The van der Waals surface area contributed by atoms with Crippen LogP contribution >= 0.6 is 0 Å². The van der Waals surface area contributed by atoms with Crippen molar-refractivity contribution in [3.63, 3.8) is 0 Å². The van der Waals surface area contributed by atoms with Crippen LogP contribution in [-0.4, -0.2) is 42.0 Å². The van der Waals surface area contributed by atoms with E-state index in [9.17, 15) is 9.59 Å². The van der Waals surface area contributed by atoms with Crippen LogP contribution in [0.4, 0.5) is 0 Å². The molecule has 0 rings (SSSR count). The van der Waals surface area contributed by atoms with E-state index < -0.39 is 0 Å². The van der Waals surface area contributed by atoms with Gasteiger partial charge in [-0.05, 0) is 25.5 Å². The van der Waals surface area contributed by atoms with Gasteiger partial charge in [-0.15, -0.1) is 0 Å². The van der Waals surface area contributed by atoms with Gasteiger partial charge in [-0.25, -0.2) is 0 Å². The van der Waals surface area contributed by atoms with Crippen molar-refractivity contribution in [1.29, 1.82) is 0 Å². The molecule has 0 bridgehead atoms. The monoisotopic (exact) mass is 228 g/mol. The fraction of sp³-hybridized carbons (Fsp3) is 0.636. The minimum absolute atomic E-state index is 0.0716. The van der Waals surface area contributed by atoms with Gasteiger partial charge in [0, 0.05) is 26.1 Å². The minimum atomic E-state index is -0.0716. The van der Waals surface area contributed by atoms with Gasteiger partial charge in [0.05, 0.1) is 0 Å². The molecule has 0 aliphatic rings. The van der Waals surface area contributed by atoms with Crippen molar-refractivity contribution in [2.45, 2.75) is 25.7 Å². The summed E-state index contributed by atoms with van der Waals surface area (Å²) in [7, 11) is 0. The van der Waals surface area contributed by atoms with Crippen LogP contribution in [0.2, 0.25) is 0 Å². The van der Waals surface area contributed by atoms with Crippen LogP contribution in [0.5, 0.6) is 0 Å². The van der Waals surface area contributed by atoms with E-state index in [4.69, 9.17) is 5.11 Å². The molecule has 0 aromatic carbocycles. The number of unbranched alkanes of at least 4 members (excludes halogenated alkanes) is 2. The van der Waals surface area contributed by atoms with E-state index in [2.05, 4.69) is 11.9 Å². The zero-order chi connectivity index (χ0) is 12.2. The molecule has 0 fully saturated rings. The van der Waals surface area contributed by atoms with Crippen molar-refractivity contribution < 1.29 is 14.7 Å². The number of nitrogens with zero attached hydrogens (tertiary/aromatic N) is 1. The highest BCUT2D eigenvalue weighted by Gasteiger charge is 2.02. The van der Waals surface area contributed by atoms with Crippen LogP contribution in [-0.2, 0) is 9.59 Å². The van der Waals surface area contributed by atoms with Gasteiger partial charge in [0.2, 0.25) is 12.3 Å². The molecule has 5 nitrogen and oxygen atoms in total. The Hall–Kier alpha value is -1.36. The summed E-state index contributed by atoms with van der Waals surface area (Å²) < 4.78 is 0. The molecule has 0 saturated carbocycles. The van der Waals surface area contributed by atoms with Crippen molar-refractivity contribution in [3.8, 4) is 0 Å². The number of aliphatic hydroxyl groups is 1. The van der Waals surface area contributed by atoms with Crippen LogP contribution < -0.4 is 5.32 Å². The Bertz CT molecular complexity index is 211. The van der Waals surface area contributed by atoms with Crippen LogP contribution in [0.3, 0.4) is 0 Å². The average molecular weight is 228 g/mol. The fourth-order valence-electron chi connectivity index (χ4n) is 1.15. The third kappa shape index (κ3) is 7.99. The summed E-state index contributed by atoms with van der Waals surface area (Å²) in [4.78, 5) is 23.0. The van der Waals surface area contributed by atoms with E-state index >= 15 is 0 Å². The fourth-order valence-corrected chi connectivity index (χ4v) is 1.15. The molecule has 0 aliphatic heterocycles. The van der Waals surface area contributed by atoms with Gasteiger partial charge >= 0.3 is 0 Å². The number of nitrogens with one attached hydrogen (secondary N) is 1. The molecule has 16 heavy (non-hydrogen) atoms. The summed E-state index contributed by atoms with van der Waals surface area (Å²) >= 11 is 0. The van der Waals surface area contributed by atoms with Gasteiger partial charge in [-0.3, -0.25) is 9.59 Å². The Kier molecular flexibility index (Phi) is 9.30. The zero-order valence-electron chi connectivity index (χ0n) is 9.52. The highest BCUT2D eigenvalue weighted by Crippen LogP contribution is 1.93. The number of hydrogen-bond acceptors (Lipinski definition) is 3. The average Bonchev–Trinajstić information content (AvgIpc) is 2.30. The normalized spacial score (nSPS) is 9.56. The van der Waals surface area contributed by atoms with Crippen LogP contribution in [0.25, 0.3) is 0 Å². The second-order valence-corrected chi connectivity index (χ2v) is 3.41. The van der Waals surface area contributed by atoms with E-state index in [1.54, 1.807) is 0 Å². The number of amides is 2. The van der Waals surface area contributed by atoms with Gasteiger partial charge in [-0.2, -0.15) is 0 Å². The molecule has 0 aromatic heterocycles. The molecule has 92 valence electrons. The van der Waals surface area contributed by atoms with E-state index in [1.807, 2.05) is 0 Å². The SMILES string of the molecule is C=CN(C=O)CCC(=O)NCCCCCO. The topological polar surface area (TPSA) is 69.6 Å². The van der Waals surface area contributed by atoms with Crippen LogP contribution in [0.15, 0.2) is 12.8 Å². The number of aliphatic hydroxyl groups excluding tert-OH is 1. The van der Waals surface area contributed by atoms with Crippen LogP contribution in [0.1, 0.15) is 25.7 Å². The highest BCUT2D eigenvalue weighted by molar-refractivity contribution is 5.76. The minimum Gasteiger partial charge on any atom is -0.396 e. The Morgan fingerprint density at radius 1 is 1.38 bits per heavy atom. The Balaban J connectivity index is 3.44. The first-order valence-electron chi connectivity index (χ1n) is 5.45. The van der Waals surface area contributed by atoms with Crippen molar-refractivity contribution in [1.82, 2.24) is 10.2 Å². The lowest BCUT2D eigenvalue weighted by atomic mass is 10.2. The Labute approximate surface area is 96.1 Å². The second kappa shape index (κ2) is 10.2. The summed E-state index contributed by atoms with van der Waals surface area (Å²) in [5.41, 5.74) is 0. The number of hydrogen-bond donors (Lipinski definition) is 2. The van der Waals surface area contributed by atoms with Gasteiger partial charge in [0.1, 0.15) is 0 Å². The maximum Gasteiger partial charge on any atom is 0.221 e. The van der Waals surface area contributed by atoms with Crippen molar-refractivity contribution >= 4 is 12.3 Å². The summed E-state index contributed by atoms with van der Waals surface area (Å²) in [6, 6.07) is 0. The number of carbonyl (C=O) groups excluding carboxylic acids is 2. The summed E-state index contributed by atoms with van der Waals surface area (Å²) in [5, 5.41) is 11.3. The number of rotatable bonds is 10. The molecule has 0 radical (unpaired) electrons. The quantitative estimate of drug-likeness (QED) is 0.416. The smallest absolute Gasteiger partial charge is 0.221 e. The third-order valence-corrected chi connectivity index (χ3v) is 2.12. The summed E-state index contributed by atoms with van der Waals surface area (Å²) in [5.74, 6) is -0.0716. The molecule has 2 amide bonds. The first-order valence-corrected chi connectivity index (χ1v) is 5.45. The second-order valence-electron chi connectivity index (χ2n) is 3.41. The van der Waals surface area contributed by atoms with Crippen LogP contribution in [0, 0.1) is 0 Å². The molecular formula is C11H20N2O3. The zero-order valence-corrected chi connectivity index (χ0v) is 9.52. The van der Waals surface area contributed by atoms with E-state index in [1.165, 1.54) is 11.1 Å². The lowest BCUT2D eigenvalue weighted by Crippen LogP contribution is -2.28. The first kappa shape index (κ1) is 14.6. The molecule has 0 saturated heterocycles. The van der Waals surface area contributed by atoms with Crippen molar-refractivity contribution in [3.05, 3.63) is 12.8 Å². The van der Waals surface area contributed by atoms with Gasteiger partial charge < -0.3 is 15.3 Å². The van der Waals surface area contributed by atoms with Gasteiger partial charge in [0.15, 0.2) is 0 Å². The molecule has 0 spiro atoms. The number of carbonyl (C=O) groups is 2. The molecular weight excluding hydrogens is 208 g/mol. The molecule has 0 aromatic rings. The lowest BCUT2D eigenvalue weighted by molar-refractivity contribution is -0.122. The standard InChI is InChI=1S/C11H20N2O3/c1-2-13(10-15)8-6-11(16)12-7-4-3-5-9-14/h2,10,14H,1,3-9H2,(H,12,16). The first-order chi connectivity index (χ1) is 7.74. The maximum absolute atomic E-state index is 11.3. The third-order valence-electron chi connectivity index (χ3n) is 2.12. The Morgan fingerprint density at radius 3 is 2.69 bits per heavy atom. The Morgan fingerprint density at radius 2 is 2.12 bits per heavy atom. The van der Waals surface area contributed by atoms with E-state index in [0.29, 0.717) is 19.5 Å². The molecule has 5 heteroatoms. The van der Waals surface area contributed by atoms with E-state index in [0.717, 1.165) is 19.3 Å². The van der Waals surface area contributed by atoms with E-state index in [-0.39, 0.29) is 18.9 Å². The molecule has 0 heterocycles. The van der Waals surface area contributed by atoms with Crippen molar-refractivity contribution in [2.75, 3.05) is 19.7 Å². The molecule has 0 atom stereocenters. The summed E-state index contributed by atoms with van der Waals surface area (Å²) in [6.07, 6.45) is 4.86. The molecule has 0 aliphatic carbocycles. The summed E-state index contributed by atoms with van der Waals surface area (Å²) in [6.45, 7) is 4.62. The maximum atomic E-state index is 11.3. The van der Waals surface area contributed by atoms with Crippen molar-refractivity contribution in [2.24, 2.45) is 0 Å². The predicted octanol–water partition coefficient (Wildman–Crippen LogP) is 0.257.